The number of aliphatic carboxylic acids is 1. The molecule has 2 atom stereocenters. The normalized spacial score (nSPS) is 23.3. The summed E-state index contributed by atoms with van der Waals surface area (Å²) >= 11 is 7.62. The molecule has 4 aliphatic rings. The minimum atomic E-state index is -0.864. The molecule has 0 spiro atoms. The Balaban J connectivity index is 1.30. The van der Waals surface area contributed by atoms with Gasteiger partial charge in [-0.05, 0) is 61.8 Å². The molecule has 0 unspecified atom stereocenters. The fraction of sp³-hybridized carbons (Fsp3) is 0.467. The molecule has 224 valence electrons. The average molecular weight is 624 g/mol. The van der Waals surface area contributed by atoms with Gasteiger partial charge in [-0.25, -0.2) is 24.3 Å². The van der Waals surface area contributed by atoms with Crippen LogP contribution in [0.1, 0.15) is 44.9 Å². The summed E-state index contributed by atoms with van der Waals surface area (Å²) in [5, 5.41) is 15.4. The lowest BCUT2D eigenvalue weighted by molar-refractivity contribution is -0.148. The van der Waals surface area contributed by atoms with E-state index in [0.717, 1.165) is 51.6 Å². The summed E-state index contributed by atoms with van der Waals surface area (Å²) in [4.78, 5) is 46.0. The van der Waals surface area contributed by atoms with Crippen molar-refractivity contribution in [3.05, 3.63) is 40.9 Å². The van der Waals surface area contributed by atoms with Crippen molar-refractivity contribution >= 4 is 51.8 Å². The summed E-state index contributed by atoms with van der Waals surface area (Å²) in [5.74, 6) is -1.66. The van der Waals surface area contributed by atoms with Gasteiger partial charge in [0.25, 0.3) is 0 Å². The lowest BCUT2D eigenvalue weighted by Crippen LogP contribution is -2.51. The van der Waals surface area contributed by atoms with Gasteiger partial charge in [0.1, 0.15) is 16.4 Å². The largest absolute Gasteiger partial charge is 0.481 e. The molecule has 8 rings (SSSR count). The van der Waals surface area contributed by atoms with Crippen LogP contribution in [0.4, 0.5) is 10.2 Å². The van der Waals surface area contributed by atoms with Gasteiger partial charge in [-0.2, -0.15) is 0 Å². The second kappa shape index (κ2) is 11.5. The standard InChI is InChI=1S/C30H31ClFN7O3S/c31-20-14-33-29-25(34-20)18(15-39(29)12-9-21(40)38-10-1-2-11-38)27-36-26(19-4-3-13-43-19)23(32)28(37-27)35-24-17-7-5-16(6-8-17)22(24)30(41)42/h3-4,13-17,22,24H,1-2,5-12H2,(H,41,42)(H,35,36,37)/t16?,17?,22-,24-/m1/s1. The summed E-state index contributed by atoms with van der Waals surface area (Å²) in [6.45, 7) is 1.93. The Bertz CT molecular complexity index is 1680. The molecule has 1 amide bonds. The maximum Gasteiger partial charge on any atom is 0.308 e. The van der Waals surface area contributed by atoms with Crippen molar-refractivity contribution in [2.45, 2.75) is 57.5 Å². The van der Waals surface area contributed by atoms with Crippen molar-refractivity contribution in [3.8, 4) is 22.0 Å². The smallest absolute Gasteiger partial charge is 0.308 e. The number of likely N-dealkylation sites (tertiary alicyclic amines) is 1. The van der Waals surface area contributed by atoms with Crippen LogP contribution in [0.15, 0.2) is 29.9 Å². The maximum absolute atomic E-state index is 16.2. The van der Waals surface area contributed by atoms with E-state index in [2.05, 4.69) is 25.3 Å². The number of aromatic nitrogens is 5. The van der Waals surface area contributed by atoms with Crippen molar-refractivity contribution in [2.24, 2.45) is 17.8 Å². The number of carbonyl (C=O) groups excluding carboxylic acids is 1. The quantitative estimate of drug-likeness (QED) is 0.255. The first-order chi connectivity index (χ1) is 20.9. The van der Waals surface area contributed by atoms with E-state index in [4.69, 9.17) is 11.6 Å². The molecule has 43 heavy (non-hydrogen) atoms. The zero-order valence-corrected chi connectivity index (χ0v) is 25.0. The van der Waals surface area contributed by atoms with Gasteiger partial charge in [0.15, 0.2) is 23.1 Å². The second-order valence-corrected chi connectivity index (χ2v) is 13.0. The van der Waals surface area contributed by atoms with E-state index in [1.807, 2.05) is 20.9 Å². The Morgan fingerprint density at radius 3 is 2.60 bits per heavy atom. The molecule has 2 bridgehead atoms. The van der Waals surface area contributed by atoms with Gasteiger partial charge in [-0.1, -0.05) is 17.7 Å². The number of fused-ring (bicyclic) bond motifs is 4. The minimum absolute atomic E-state index is 0.0303. The van der Waals surface area contributed by atoms with Gasteiger partial charge in [0, 0.05) is 38.3 Å². The van der Waals surface area contributed by atoms with Gasteiger partial charge in [-0.3, -0.25) is 9.59 Å². The van der Waals surface area contributed by atoms with Gasteiger partial charge >= 0.3 is 5.97 Å². The number of thiophene rings is 1. The third-order valence-electron chi connectivity index (χ3n) is 9.22. The molecule has 1 saturated heterocycles. The fourth-order valence-corrected chi connectivity index (χ4v) is 7.96. The SMILES string of the molecule is O=C(O)[C@@H]1C2CCC(CC2)[C@H]1Nc1nc(-c2cn(CCC(=O)N3CCCC3)c3ncc(Cl)nc23)nc(-c2cccs2)c1F. The number of carbonyl (C=O) groups is 2. The monoisotopic (exact) mass is 623 g/mol. The molecule has 4 fully saturated rings. The van der Waals surface area contributed by atoms with Crippen LogP contribution in [-0.4, -0.2) is 65.5 Å². The van der Waals surface area contributed by atoms with E-state index in [1.54, 1.807) is 12.3 Å². The molecule has 3 aliphatic carbocycles. The number of hydrogen-bond donors (Lipinski definition) is 2. The predicted octanol–water partition coefficient (Wildman–Crippen LogP) is 5.72. The van der Waals surface area contributed by atoms with Gasteiger partial charge < -0.3 is 19.9 Å². The van der Waals surface area contributed by atoms with Crippen LogP contribution in [-0.2, 0) is 16.1 Å². The van der Waals surface area contributed by atoms with Crippen LogP contribution in [0.5, 0.6) is 0 Å². The number of halogens is 2. The summed E-state index contributed by atoms with van der Waals surface area (Å²) in [5.41, 5.74) is 1.58. The molecule has 0 radical (unpaired) electrons. The summed E-state index contributed by atoms with van der Waals surface area (Å²) in [6, 6.07) is 3.17. The Morgan fingerprint density at radius 2 is 1.88 bits per heavy atom. The highest BCUT2D eigenvalue weighted by Gasteiger charge is 2.47. The minimum Gasteiger partial charge on any atom is -0.481 e. The number of aryl methyl sites for hydroxylation is 1. The number of hydrogen-bond acceptors (Lipinski definition) is 8. The lowest BCUT2D eigenvalue weighted by atomic mass is 9.61. The van der Waals surface area contributed by atoms with Crippen molar-refractivity contribution < 1.29 is 19.1 Å². The van der Waals surface area contributed by atoms with E-state index in [-0.39, 0.29) is 40.2 Å². The number of nitrogens with zero attached hydrogens (tertiary/aromatic N) is 6. The Kier molecular flexibility index (Phi) is 7.50. The van der Waals surface area contributed by atoms with Crippen LogP contribution >= 0.6 is 22.9 Å². The van der Waals surface area contributed by atoms with Crippen LogP contribution < -0.4 is 5.32 Å². The van der Waals surface area contributed by atoms with Crippen LogP contribution in [0.3, 0.4) is 0 Å². The third kappa shape index (κ3) is 5.24. The number of carboxylic acid groups (broad SMARTS) is 1. The van der Waals surface area contributed by atoms with E-state index in [1.165, 1.54) is 17.5 Å². The fourth-order valence-electron chi connectivity index (χ4n) is 7.12. The first-order valence-electron chi connectivity index (χ1n) is 14.8. The average Bonchev–Trinajstić information content (AvgIpc) is 3.79. The molecule has 5 heterocycles. The molecule has 13 heteroatoms. The Hall–Kier alpha value is -3.64. The molecule has 1 aliphatic heterocycles. The number of carboxylic acids is 1. The molecule has 3 saturated carbocycles. The highest BCUT2D eigenvalue weighted by atomic mass is 35.5. The molecular formula is C30H31ClFN7O3S. The second-order valence-electron chi connectivity index (χ2n) is 11.7. The summed E-state index contributed by atoms with van der Waals surface area (Å²) in [7, 11) is 0. The van der Waals surface area contributed by atoms with E-state index in [9.17, 15) is 14.7 Å². The highest BCUT2D eigenvalue weighted by molar-refractivity contribution is 7.13. The number of nitrogens with one attached hydrogen (secondary N) is 1. The van der Waals surface area contributed by atoms with Crippen LogP contribution in [0, 0.1) is 23.6 Å². The number of amides is 1. The third-order valence-corrected chi connectivity index (χ3v) is 10.3. The van der Waals surface area contributed by atoms with Gasteiger partial charge in [-0.15, -0.1) is 11.3 Å². The molecule has 2 N–H and O–H groups in total. The molecular weight excluding hydrogens is 593 g/mol. The summed E-state index contributed by atoms with van der Waals surface area (Å²) < 4.78 is 18.0. The number of anilines is 1. The van der Waals surface area contributed by atoms with Crippen molar-refractivity contribution in [3.63, 3.8) is 0 Å². The highest BCUT2D eigenvalue weighted by Crippen LogP contribution is 2.47. The van der Waals surface area contributed by atoms with E-state index < -0.39 is 23.7 Å². The summed E-state index contributed by atoms with van der Waals surface area (Å²) in [6.07, 6.45) is 9.13. The first-order valence-corrected chi connectivity index (χ1v) is 16.0. The van der Waals surface area contributed by atoms with E-state index in [0.29, 0.717) is 34.6 Å². The van der Waals surface area contributed by atoms with Gasteiger partial charge in [0.2, 0.25) is 5.91 Å². The predicted molar refractivity (Wildman–Crippen MR) is 161 cm³/mol. The topological polar surface area (TPSA) is 126 Å². The maximum atomic E-state index is 16.2. The van der Waals surface area contributed by atoms with Crippen molar-refractivity contribution in [1.29, 1.82) is 0 Å². The van der Waals surface area contributed by atoms with Crippen LogP contribution in [0.25, 0.3) is 33.1 Å². The molecule has 4 aromatic heterocycles. The first kappa shape index (κ1) is 28.1. The van der Waals surface area contributed by atoms with Crippen LogP contribution in [0.2, 0.25) is 5.15 Å². The molecule has 0 aromatic carbocycles. The molecule has 4 aromatic rings. The Morgan fingerprint density at radius 1 is 1.12 bits per heavy atom. The van der Waals surface area contributed by atoms with E-state index >= 15 is 4.39 Å². The zero-order valence-electron chi connectivity index (χ0n) is 23.4. The zero-order chi connectivity index (χ0) is 29.7. The molecule has 10 nitrogen and oxygen atoms in total. The number of rotatable bonds is 8. The van der Waals surface area contributed by atoms with Crippen molar-refractivity contribution in [2.75, 3.05) is 18.4 Å². The van der Waals surface area contributed by atoms with Crippen molar-refractivity contribution in [1.82, 2.24) is 29.4 Å². The van der Waals surface area contributed by atoms with Gasteiger partial charge in [0.05, 0.1) is 22.6 Å². The Labute approximate surface area is 256 Å². The lowest BCUT2D eigenvalue weighted by Gasteiger charge is -2.47.